The molecule has 1 amide bonds. The van der Waals surface area contributed by atoms with Crippen LogP contribution in [0.1, 0.15) is 24.5 Å². The Kier molecular flexibility index (Phi) is 2.11. The maximum Gasteiger partial charge on any atom is 0.262 e. The van der Waals surface area contributed by atoms with Crippen LogP contribution >= 0.6 is 0 Å². The number of amides is 1. The highest BCUT2D eigenvalue weighted by atomic mass is 16.5. The van der Waals surface area contributed by atoms with E-state index in [1.165, 1.54) is 0 Å². The molecule has 3 rings (SSSR count). The molecular formula is C12H13NO3. The molecule has 0 aromatic heterocycles. The minimum absolute atomic E-state index is 0.0670. The maximum absolute atomic E-state index is 11.2. The van der Waals surface area contributed by atoms with Crippen LogP contribution < -0.4 is 10.1 Å². The van der Waals surface area contributed by atoms with Crippen molar-refractivity contribution in [1.29, 1.82) is 0 Å². The van der Waals surface area contributed by atoms with E-state index in [9.17, 15) is 9.90 Å². The van der Waals surface area contributed by atoms with Crippen LogP contribution in [0.25, 0.3) is 0 Å². The van der Waals surface area contributed by atoms with Gasteiger partial charge in [0.15, 0.2) is 6.61 Å². The zero-order chi connectivity index (χ0) is 11.1. The van der Waals surface area contributed by atoms with Crippen molar-refractivity contribution in [3.63, 3.8) is 0 Å². The van der Waals surface area contributed by atoms with E-state index in [0.717, 1.165) is 18.4 Å². The van der Waals surface area contributed by atoms with Gasteiger partial charge in [-0.2, -0.15) is 0 Å². The molecule has 4 nitrogen and oxygen atoms in total. The minimum Gasteiger partial charge on any atom is -0.482 e. The highest BCUT2D eigenvalue weighted by Gasteiger charge is 2.31. The number of aliphatic hydroxyl groups is 1. The topological polar surface area (TPSA) is 58.6 Å². The van der Waals surface area contributed by atoms with E-state index in [2.05, 4.69) is 5.32 Å². The molecule has 2 N–H and O–H groups in total. The normalized spacial score (nSPS) is 20.7. The van der Waals surface area contributed by atoms with Gasteiger partial charge in [-0.1, -0.05) is 6.07 Å². The number of aliphatic hydroxyl groups excluding tert-OH is 1. The van der Waals surface area contributed by atoms with E-state index in [4.69, 9.17) is 4.74 Å². The summed E-state index contributed by atoms with van der Waals surface area (Å²) >= 11 is 0. The second-order valence-electron chi connectivity index (χ2n) is 4.37. The molecule has 2 aliphatic rings. The summed E-state index contributed by atoms with van der Waals surface area (Å²) in [6, 6.07) is 5.46. The predicted octanol–water partition coefficient (Wildman–Crippen LogP) is 1.46. The van der Waals surface area contributed by atoms with Crippen LogP contribution in [-0.4, -0.2) is 17.6 Å². The number of carbonyl (C=O) groups is 1. The summed E-state index contributed by atoms with van der Waals surface area (Å²) in [5, 5.41) is 12.7. The third-order valence-electron chi connectivity index (χ3n) is 3.05. The van der Waals surface area contributed by atoms with E-state index in [1.807, 2.05) is 6.07 Å². The van der Waals surface area contributed by atoms with Crippen molar-refractivity contribution in [2.45, 2.75) is 18.9 Å². The summed E-state index contributed by atoms with van der Waals surface area (Å²) in [7, 11) is 0. The van der Waals surface area contributed by atoms with Gasteiger partial charge in [0.1, 0.15) is 5.75 Å². The summed E-state index contributed by atoms with van der Waals surface area (Å²) in [6.45, 7) is 0.0670. The smallest absolute Gasteiger partial charge is 0.262 e. The van der Waals surface area contributed by atoms with E-state index in [0.29, 0.717) is 17.4 Å². The van der Waals surface area contributed by atoms with Gasteiger partial charge in [-0.05, 0) is 36.5 Å². The zero-order valence-corrected chi connectivity index (χ0v) is 8.77. The molecule has 0 radical (unpaired) electrons. The molecule has 1 fully saturated rings. The maximum atomic E-state index is 11.2. The van der Waals surface area contributed by atoms with Crippen molar-refractivity contribution in [2.24, 2.45) is 5.92 Å². The third kappa shape index (κ3) is 1.65. The molecule has 4 heteroatoms. The Labute approximate surface area is 93.2 Å². The number of rotatable bonds is 2. The Hall–Kier alpha value is -1.55. The summed E-state index contributed by atoms with van der Waals surface area (Å²) in [5.74, 6) is 0.912. The standard InChI is InChI=1S/C12H13NO3/c14-11-6-16-10-4-3-8(5-9(10)13-11)12(15)7-1-2-7/h3-5,7,12,15H,1-2,6H2,(H,13,14). The van der Waals surface area contributed by atoms with Crippen LogP contribution in [0.4, 0.5) is 5.69 Å². The molecular weight excluding hydrogens is 206 g/mol. The summed E-state index contributed by atoms with van der Waals surface area (Å²) < 4.78 is 5.25. The van der Waals surface area contributed by atoms with Gasteiger partial charge in [-0.25, -0.2) is 0 Å². The zero-order valence-electron chi connectivity index (χ0n) is 8.77. The van der Waals surface area contributed by atoms with Crippen LogP contribution in [0.2, 0.25) is 0 Å². The second-order valence-corrected chi connectivity index (χ2v) is 4.37. The Morgan fingerprint density at radius 3 is 3.00 bits per heavy atom. The molecule has 16 heavy (non-hydrogen) atoms. The lowest BCUT2D eigenvalue weighted by Crippen LogP contribution is -2.25. The second kappa shape index (κ2) is 3.49. The van der Waals surface area contributed by atoms with Crippen LogP contribution in [0.3, 0.4) is 0 Å². The Bertz CT molecular complexity index is 440. The first-order valence-electron chi connectivity index (χ1n) is 5.49. The van der Waals surface area contributed by atoms with Crippen molar-refractivity contribution in [3.8, 4) is 5.75 Å². The monoisotopic (exact) mass is 219 g/mol. The number of anilines is 1. The number of nitrogens with one attached hydrogen (secondary N) is 1. The fourth-order valence-electron chi connectivity index (χ4n) is 1.97. The predicted molar refractivity (Wildman–Crippen MR) is 58.3 cm³/mol. The number of carbonyl (C=O) groups excluding carboxylic acids is 1. The SMILES string of the molecule is O=C1COc2ccc(C(O)C3CC3)cc2N1. The van der Waals surface area contributed by atoms with Crippen molar-refractivity contribution < 1.29 is 14.6 Å². The van der Waals surface area contributed by atoms with E-state index < -0.39 is 6.10 Å². The fourth-order valence-corrected chi connectivity index (χ4v) is 1.97. The molecule has 1 heterocycles. The molecule has 1 atom stereocenters. The lowest BCUT2D eigenvalue weighted by molar-refractivity contribution is -0.118. The molecule has 1 unspecified atom stereocenters. The van der Waals surface area contributed by atoms with E-state index in [-0.39, 0.29) is 12.5 Å². The number of benzene rings is 1. The molecule has 1 aliphatic heterocycles. The van der Waals surface area contributed by atoms with Gasteiger partial charge in [0, 0.05) is 0 Å². The van der Waals surface area contributed by atoms with E-state index in [1.54, 1.807) is 12.1 Å². The first-order chi connectivity index (χ1) is 7.74. The number of hydrogen-bond acceptors (Lipinski definition) is 3. The van der Waals surface area contributed by atoms with Gasteiger partial charge >= 0.3 is 0 Å². The molecule has 1 aromatic carbocycles. The molecule has 1 saturated carbocycles. The van der Waals surface area contributed by atoms with Gasteiger partial charge in [0.2, 0.25) is 0 Å². The fraction of sp³-hybridized carbons (Fsp3) is 0.417. The minimum atomic E-state index is -0.413. The Morgan fingerprint density at radius 2 is 2.25 bits per heavy atom. The van der Waals surface area contributed by atoms with Crippen LogP contribution in [0, 0.1) is 5.92 Å². The summed E-state index contributed by atoms with van der Waals surface area (Å²) in [6.07, 6.45) is 1.76. The number of fused-ring (bicyclic) bond motifs is 1. The van der Waals surface area contributed by atoms with Gasteiger partial charge in [0.25, 0.3) is 5.91 Å². The average Bonchev–Trinajstić information content (AvgIpc) is 3.11. The lowest BCUT2D eigenvalue weighted by Gasteiger charge is -2.19. The van der Waals surface area contributed by atoms with Crippen LogP contribution in [0.5, 0.6) is 5.75 Å². The first-order valence-corrected chi connectivity index (χ1v) is 5.49. The lowest BCUT2D eigenvalue weighted by atomic mass is 10.0. The van der Waals surface area contributed by atoms with E-state index >= 15 is 0 Å². The van der Waals surface area contributed by atoms with Crippen molar-refractivity contribution in [1.82, 2.24) is 0 Å². The number of ether oxygens (including phenoxy) is 1. The van der Waals surface area contributed by atoms with Gasteiger partial charge in [0.05, 0.1) is 11.8 Å². The largest absolute Gasteiger partial charge is 0.482 e. The van der Waals surface area contributed by atoms with Gasteiger partial charge in [-0.15, -0.1) is 0 Å². The Morgan fingerprint density at radius 1 is 1.44 bits per heavy atom. The average molecular weight is 219 g/mol. The molecule has 0 bridgehead atoms. The summed E-state index contributed by atoms with van der Waals surface area (Å²) in [5.41, 5.74) is 1.51. The molecule has 1 aliphatic carbocycles. The van der Waals surface area contributed by atoms with Gasteiger partial charge < -0.3 is 15.2 Å². The van der Waals surface area contributed by atoms with Crippen LogP contribution in [-0.2, 0) is 4.79 Å². The number of hydrogen-bond donors (Lipinski definition) is 2. The van der Waals surface area contributed by atoms with Crippen molar-refractivity contribution in [3.05, 3.63) is 23.8 Å². The highest BCUT2D eigenvalue weighted by molar-refractivity contribution is 5.95. The molecule has 0 spiro atoms. The van der Waals surface area contributed by atoms with Gasteiger partial charge in [-0.3, -0.25) is 4.79 Å². The van der Waals surface area contributed by atoms with Crippen LogP contribution in [0.15, 0.2) is 18.2 Å². The van der Waals surface area contributed by atoms with Crippen molar-refractivity contribution >= 4 is 11.6 Å². The highest BCUT2D eigenvalue weighted by Crippen LogP contribution is 2.42. The van der Waals surface area contributed by atoms with Crippen molar-refractivity contribution in [2.75, 3.05) is 11.9 Å². The molecule has 84 valence electrons. The summed E-state index contributed by atoms with van der Waals surface area (Å²) in [4.78, 5) is 11.2. The quantitative estimate of drug-likeness (QED) is 0.791. The molecule has 1 aromatic rings. The third-order valence-corrected chi connectivity index (χ3v) is 3.05. The first kappa shape index (κ1) is 9.66. The Balaban J connectivity index is 1.91. The molecule has 0 saturated heterocycles.